The van der Waals surface area contributed by atoms with Crippen molar-refractivity contribution >= 4 is 40.2 Å². The maximum absolute atomic E-state index is 14.0. The fourth-order valence-electron chi connectivity index (χ4n) is 3.55. The number of halogens is 2. The van der Waals surface area contributed by atoms with E-state index < -0.39 is 5.82 Å². The van der Waals surface area contributed by atoms with Gasteiger partial charge in [-0.2, -0.15) is 0 Å². The van der Waals surface area contributed by atoms with Crippen molar-refractivity contribution in [3.8, 4) is 17.0 Å². The predicted octanol–water partition coefficient (Wildman–Crippen LogP) is 5.21. The number of benzene rings is 2. The minimum Gasteiger partial charge on any atom is -0.482 e. The highest BCUT2D eigenvalue weighted by molar-refractivity contribution is 7.07. The smallest absolute Gasteiger partial charge is 0.262 e. The lowest BCUT2D eigenvalue weighted by molar-refractivity contribution is -0.118. The van der Waals surface area contributed by atoms with Crippen molar-refractivity contribution in [1.29, 1.82) is 0 Å². The fourth-order valence-corrected chi connectivity index (χ4v) is 4.62. The number of aryl methyl sites for hydroxylation is 1. The summed E-state index contributed by atoms with van der Waals surface area (Å²) >= 11 is 7.27. The number of aromatic nitrogens is 2. The Labute approximate surface area is 198 Å². The third-order valence-electron chi connectivity index (χ3n) is 5.15. The quantitative estimate of drug-likeness (QED) is 0.426. The molecule has 0 aliphatic carbocycles. The molecule has 0 fully saturated rings. The number of ether oxygens (including phenoxy) is 1. The first-order chi connectivity index (χ1) is 16.1. The third kappa shape index (κ3) is 4.67. The molecule has 4 aromatic rings. The van der Waals surface area contributed by atoms with Crippen LogP contribution in [-0.4, -0.2) is 22.1 Å². The van der Waals surface area contributed by atoms with Crippen molar-refractivity contribution in [2.75, 3.05) is 11.9 Å². The minimum atomic E-state index is -0.514. The molecule has 9 heteroatoms. The van der Waals surface area contributed by atoms with Gasteiger partial charge in [0, 0.05) is 41.9 Å². The Kier molecular flexibility index (Phi) is 5.93. The van der Waals surface area contributed by atoms with Crippen LogP contribution < -0.4 is 14.9 Å². The number of anilines is 1. The van der Waals surface area contributed by atoms with E-state index in [0.717, 1.165) is 17.0 Å². The van der Waals surface area contributed by atoms with E-state index in [1.807, 2.05) is 41.8 Å². The van der Waals surface area contributed by atoms with E-state index in [4.69, 9.17) is 16.3 Å². The molecular weight excluding hydrogens is 463 g/mol. The molecule has 2 aromatic heterocycles. The zero-order valence-corrected chi connectivity index (χ0v) is 18.9. The Balaban J connectivity index is 1.57. The molecule has 0 radical (unpaired) electrons. The highest BCUT2D eigenvalue weighted by Crippen LogP contribution is 2.33. The molecule has 2 aromatic carbocycles. The van der Waals surface area contributed by atoms with Gasteiger partial charge in [0.1, 0.15) is 11.6 Å². The number of carbonyl (C=O) groups excluding carboxylic acids is 1. The number of fused-ring (bicyclic) bond motifs is 1. The number of thiazole rings is 1. The molecule has 0 atom stereocenters. The minimum absolute atomic E-state index is 0.00948. The van der Waals surface area contributed by atoms with Crippen LogP contribution in [-0.2, 0) is 17.8 Å². The van der Waals surface area contributed by atoms with Gasteiger partial charge in [-0.1, -0.05) is 17.7 Å². The van der Waals surface area contributed by atoms with Crippen LogP contribution in [0.3, 0.4) is 0 Å². The molecule has 0 spiro atoms. The molecule has 33 heavy (non-hydrogen) atoms. The van der Waals surface area contributed by atoms with Gasteiger partial charge in [0.05, 0.1) is 22.1 Å². The Morgan fingerprint density at radius 1 is 1.21 bits per heavy atom. The van der Waals surface area contributed by atoms with Gasteiger partial charge in [-0.15, -0.1) is 11.3 Å². The number of amides is 1. The first-order valence-corrected chi connectivity index (χ1v) is 11.5. The molecule has 5 rings (SSSR count). The first kappa shape index (κ1) is 21.4. The normalized spacial score (nSPS) is 13.4. The fraction of sp³-hybridized carbons (Fsp3) is 0.125. The zero-order chi connectivity index (χ0) is 22.8. The van der Waals surface area contributed by atoms with Crippen LogP contribution in [0.5, 0.6) is 5.75 Å². The number of pyridine rings is 1. The highest BCUT2D eigenvalue weighted by atomic mass is 35.5. The van der Waals surface area contributed by atoms with Gasteiger partial charge in [-0.25, -0.2) is 9.38 Å². The van der Waals surface area contributed by atoms with Crippen LogP contribution in [0.15, 0.2) is 71.2 Å². The van der Waals surface area contributed by atoms with E-state index in [0.29, 0.717) is 34.9 Å². The Bertz CT molecular complexity index is 1400. The Morgan fingerprint density at radius 2 is 2.12 bits per heavy atom. The van der Waals surface area contributed by atoms with Crippen LogP contribution in [0, 0.1) is 5.82 Å². The van der Waals surface area contributed by atoms with E-state index in [-0.39, 0.29) is 17.5 Å². The lowest BCUT2D eigenvalue weighted by Gasteiger charge is -2.19. The summed E-state index contributed by atoms with van der Waals surface area (Å²) in [5.74, 6) is -0.0659. The SMILES string of the molecule is O=C1COc2ccc(-c3csc(=Nc4ccc(Cl)c(F)c4)n3CCc3ccccn3)cc2N1. The molecule has 0 bridgehead atoms. The van der Waals surface area contributed by atoms with Gasteiger partial charge in [0.15, 0.2) is 11.4 Å². The van der Waals surface area contributed by atoms with E-state index in [1.165, 1.54) is 23.5 Å². The van der Waals surface area contributed by atoms with Crippen LogP contribution in [0.4, 0.5) is 15.8 Å². The molecule has 0 unspecified atom stereocenters. The van der Waals surface area contributed by atoms with Gasteiger partial charge in [-0.05, 0) is 42.5 Å². The van der Waals surface area contributed by atoms with E-state index in [1.54, 1.807) is 12.3 Å². The van der Waals surface area contributed by atoms with Crippen LogP contribution in [0.25, 0.3) is 11.3 Å². The molecule has 1 amide bonds. The van der Waals surface area contributed by atoms with Gasteiger partial charge >= 0.3 is 0 Å². The van der Waals surface area contributed by atoms with Crippen molar-refractivity contribution in [3.05, 3.63) is 87.5 Å². The molecular formula is C24H18ClFN4O2S. The molecule has 0 saturated carbocycles. The average molecular weight is 481 g/mol. The summed E-state index contributed by atoms with van der Waals surface area (Å²) < 4.78 is 21.5. The monoisotopic (exact) mass is 480 g/mol. The van der Waals surface area contributed by atoms with Crippen LogP contribution in [0.2, 0.25) is 5.02 Å². The topological polar surface area (TPSA) is 68.5 Å². The van der Waals surface area contributed by atoms with Crippen LogP contribution in [0.1, 0.15) is 5.69 Å². The highest BCUT2D eigenvalue weighted by Gasteiger charge is 2.18. The third-order valence-corrected chi connectivity index (χ3v) is 6.32. The van der Waals surface area contributed by atoms with Crippen LogP contribution >= 0.6 is 22.9 Å². The molecule has 1 aliphatic rings. The number of hydrogen-bond donors (Lipinski definition) is 1. The summed E-state index contributed by atoms with van der Waals surface area (Å²) in [7, 11) is 0. The average Bonchev–Trinajstić information content (AvgIpc) is 3.22. The standard InChI is InChI=1S/C24H18ClFN4O2S/c25-18-6-5-17(12-19(18)26)28-24-30(10-8-16-3-1-2-9-27-16)21(14-33-24)15-4-7-22-20(11-15)29-23(31)13-32-22/h1-7,9,11-12,14H,8,10,13H2,(H,29,31). The lowest BCUT2D eigenvalue weighted by Crippen LogP contribution is -2.25. The number of rotatable bonds is 5. The molecule has 1 N–H and O–H groups in total. The summed E-state index contributed by atoms with van der Waals surface area (Å²) in [6, 6.07) is 16.0. The molecule has 0 saturated heterocycles. The number of nitrogens with one attached hydrogen (secondary N) is 1. The second-order valence-corrected chi connectivity index (χ2v) is 8.63. The van der Waals surface area contributed by atoms with Gasteiger partial charge in [0.2, 0.25) is 0 Å². The van der Waals surface area contributed by atoms with Crippen molar-refractivity contribution in [2.45, 2.75) is 13.0 Å². The summed E-state index contributed by atoms with van der Waals surface area (Å²) in [6.07, 6.45) is 2.46. The molecule has 166 valence electrons. The number of carbonyl (C=O) groups is 1. The second kappa shape index (κ2) is 9.17. The van der Waals surface area contributed by atoms with Gasteiger partial charge in [-0.3, -0.25) is 9.78 Å². The molecule has 3 heterocycles. The van der Waals surface area contributed by atoms with E-state index >= 15 is 0 Å². The first-order valence-electron chi connectivity index (χ1n) is 10.2. The van der Waals surface area contributed by atoms with Gasteiger partial charge in [0.25, 0.3) is 5.91 Å². The maximum atomic E-state index is 14.0. The van der Waals surface area contributed by atoms with Crippen molar-refractivity contribution in [2.24, 2.45) is 4.99 Å². The molecule has 1 aliphatic heterocycles. The molecule has 6 nitrogen and oxygen atoms in total. The zero-order valence-electron chi connectivity index (χ0n) is 17.3. The Morgan fingerprint density at radius 3 is 2.94 bits per heavy atom. The predicted molar refractivity (Wildman–Crippen MR) is 126 cm³/mol. The number of nitrogens with zero attached hydrogens (tertiary/aromatic N) is 3. The van der Waals surface area contributed by atoms with Crippen molar-refractivity contribution < 1.29 is 13.9 Å². The summed E-state index contributed by atoms with van der Waals surface area (Å²) in [4.78, 5) is 21.5. The largest absolute Gasteiger partial charge is 0.482 e. The van der Waals surface area contributed by atoms with Gasteiger partial charge < -0.3 is 14.6 Å². The van der Waals surface area contributed by atoms with E-state index in [9.17, 15) is 9.18 Å². The maximum Gasteiger partial charge on any atom is 0.262 e. The van der Waals surface area contributed by atoms with Crippen molar-refractivity contribution in [3.63, 3.8) is 0 Å². The van der Waals surface area contributed by atoms with E-state index in [2.05, 4.69) is 19.9 Å². The summed E-state index contributed by atoms with van der Waals surface area (Å²) in [6.45, 7) is 0.625. The lowest BCUT2D eigenvalue weighted by atomic mass is 10.1. The second-order valence-electron chi connectivity index (χ2n) is 7.38. The van der Waals surface area contributed by atoms with Crippen molar-refractivity contribution in [1.82, 2.24) is 9.55 Å². The number of hydrogen-bond acceptors (Lipinski definition) is 5. The summed E-state index contributed by atoms with van der Waals surface area (Å²) in [5.41, 5.74) is 3.89. The summed E-state index contributed by atoms with van der Waals surface area (Å²) in [5, 5.41) is 4.90. The Hall–Kier alpha value is -3.49.